The maximum Gasteiger partial charge on any atom is 0.164 e. The molecule has 1 atom stereocenters. The number of hydrogen-bond donors (Lipinski definition) is 0. The number of hydrogen-bond acceptors (Lipinski definition) is 3. The molecule has 1 heterocycles. The molecule has 3 rings (SSSR count). The lowest BCUT2D eigenvalue weighted by Crippen LogP contribution is -2.36. The summed E-state index contributed by atoms with van der Waals surface area (Å²) in [5, 5.41) is 8.86. The highest BCUT2D eigenvalue weighted by Crippen LogP contribution is 2.29. The van der Waals surface area contributed by atoms with Crippen molar-refractivity contribution in [2.24, 2.45) is 5.92 Å². The highest BCUT2D eigenvalue weighted by atomic mass is 16.7. The molecule has 0 amide bonds. The monoisotopic (exact) mass is 321 g/mol. The fraction of sp³-hybridized carbons (Fsp3) is 0.381. The third kappa shape index (κ3) is 4.03. The van der Waals surface area contributed by atoms with E-state index in [-0.39, 0.29) is 12.2 Å². The third-order valence-corrected chi connectivity index (χ3v) is 4.60. The third-order valence-electron chi connectivity index (χ3n) is 4.60. The van der Waals surface area contributed by atoms with Gasteiger partial charge in [-0.2, -0.15) is 5.26 Å². The van der Waals surface area contributed by atoms with E-state index in [1.54, 1.807) is 0 Å². The molecule has 24 heavy (non-hydrogen) atoms. The highest BCUT2D eigenvalue weighted by Gasteiger charge is 2.29. The molecule has 1 unspecified atom stereocenters. The molecule has 3 heteroatoms. The van der Waals surface area contributed by atoms with Crippen LogP contribution in [0.25, 0.3) is 0 Å². The normalized spacial score (nSPS) is 21.8. The molecule has 0 N–H and O–H groups in total. The Morgan fingerprint density at radius 2 is 1.71 bits per heavy atom. The van der Waals surface area contributed by atoms with Crippen molar-refractivity contribution in [3.8, 4) is 6.07 Å². The van der Waals surface area contributed by atoms with Gasteiger partial charge >= 0.3 is 0 Å². The van der Waals surface area contributed by atoms with Gasteiger partial charge in [0, 0.05) is 11.8 Å². The molecule has 2 aromatic carbocycles. The summed E-state index contributed by atoms with van der Waals surface area (Å²) in [7, 11) is 0. The Balaban J connectivity index is 1.56. The van der Waals surface area contributed by atoms with Gasteiger partial charge in [-0.15, -0.1) is 0 Å². The van der Waals surface area contributed by atoms with E-state index in [1.807, 2.05) is 30.3 Å². The van der Waals surface area contributed by atoms with Crippen LogP contribution < -0.4 is 0 Å². The van der Waals surface area contributed by atoms with Crippen LogP contribution in [0.15, 0.2) is 54.6 Å². The maximum atomic E-state index is 8.86. The van der Waals surface area contributed by atoms with Crippen molar-refractivity contribution in [3.05, 3.63) is 71.3 Å². The molecule has 3 nitrogen and oxygen atoms in total. The number of benzene rings is 2. The Morgan fingerprint density at radius 3 is 2.29 bits per heavy atom. The maximum absolute atomic E-state index is 8.86. The molecule has 0 radical (unpaired) electrons. The summed E-state index contributed by atoms with van der Waals surface area (Å²) < 4.78 is 12.1. The fourth-order valence-electron chi connectivity index (χ4n) is 3.24. The molecule has 1 aliphatic heterocycles. The largest absolute Gasteiger partial charge is 0.352 e. The van der Waals surface area contributed by atoms with E-state index in [4.69, 9.17) is 14.7 Å². The average molecular weight is 321 g/mol. The van der Waals surface area contributed by atoms with Crippen LogP contribution in [0.4, 0.5) is 0 Å². The summed E-state index contributed by atoms with van der Waals surface area (Å²) in [6.45, 7) is 3.61. The first-order valence-corrected chi connectivity index (χ1v) is 8.57. The number of ether oxygens (including phenoxy) is 2. The second-order valence-electron chi connectivity index (χ2n) is 6.34. The van der Waals surface area contributed by atoms with Crippen LogP contribution in [0.1, 0.15) is 36.0 Å². The number of nitrogens with zero attached hydrogens (tertiary/aromatic N) is 1. The molecule has 0 aromatic heterocycles. The lowest BCUT2D eigenvalue weighted by atomic mass is 9.94. The zero-order chi connectivity index (χ0) is 16.8. The summed E-state index contributed by atoms with van der Waals surface area (Å²) in [6, 6.07) is 20.4. The summed E-state index contributed by atoms with van der Waals surface area (Å²) in [5.74, 6) is 0.643. The molecule has 1 aliphatic rings. The zero-order valence-corrected chi connectivity index (χ0v) is 14.0. The van der Waals surface area contributed by atoms with Crippen molar-refractivity contribution in [2.45, 2.75) is 32.0 Å². The van der Waals surface area contributed by atoms with Gasteiger partial charge in [-0.05, 0) is 36.1 Å². The van der Waals surface area contributed by atoms with Crippen LogP contribution in [0, 0.1) is 17.2 Å². The predicted octanol–water partition coefficient (Wildman–Crippen LogP) is 4.28. The predicted molar refractivity (Wildman–Crippen MR) is 93.5 cm³/mol. The van der Waals surface area contributed by atoms with Gasteiger partial charge in [-0.25, -0.2) is 0 Å². The van der Waals surface area contributed by atoms with E-state index in [2.05, 4.69) is 37.3 Å². The van der Waals surface area contributed by atoms with Gasteiger partial charge < -0.3 is 9.47 Å². The van der Waals surface area contributed by atoms with Gasteiger partial charge in [-0.1, -0.05) is 49.4 Å². The van der Waals surface area contributed by atoms with Gasteiger partial charge in [0.15, 0.2) is 6.29 Å². The van der Waals surface area contributed by atoms with Crippen LogP contribution in [-0.4, -0.2) is 19.5 Å². The van der Waals surface area contributed by atoms with Crippen molar-refractivity contribution in [1.29, 1.82) is 5.26 Å². The van der Waals surface area contributed by atoms with Crippen LogP contribution >= 0.6 is 0 Å². The summed E-state index contributed by atoms with van der Waals surface area (Å²) in [6.07, 6.45) is 1.75. The first-order valence-electron chi connectivity index (χ1n) is 8.57. The summed E-state index contributed by atoms with van der Waals surface area (Å²) in [5.41, 5.74) is 3.19. The fourth-order valence-corrected chi connectivity index (χ4v) is 3.24. The first kappa shape index (κ1) is 16.7. The van der Waals surface area contributed by atoms with E-state index < -0.39 is 0 Å². The van der Waals surface area contributed by atoms with Crippen LogP contribution in [0.5, 0.6) is 0 Å². The van der Waals surface area contributed by atoms with Crippen molar-refractivity contribution < 1.29 is 9.47 Å². The molecule has 0 bridgehead atoms. The second kappa shape index (κ2) is 8.10. The van der Waals surface area contributed by atoms with Crippen molar-refractivity contribution in [1.82, 2.24) is 0 Å². The van der Waals surface area contributed by atoms with E-state index in [9.17, 15) is 0 Å². The summed E-state index contributed by atoms with van der Waals surface area (Å²) >= 11 is 0. The Hall–Kier alpha value is -2.15. The Bertz CT molecular complexity index is 667. The molecular formula is C21H23NO2. The minimum atomic E-state index is -0.158. The molecule has 0 saturated carbocycles. The standard InChI is InChI=1S/C21H23NO2/c1-2-20(19-6-4-3-5-7-19)21-23-14-18(15-24-21)12-16-8-10-17(13-22)11-9-16/h3-11,18,20-21H,2,12,14-15H2,1H3. The average Bonchev–Trinajstić information content (AvgIpc) is 2.65. The van der Waals surface area contributed by atoms with Gasteiger partial charge in [-0.3, -0.25) is 0 Å². The van der Waals surface area contributed by atoms with Crippen molar-refractivity contribution >= 4 is 0 Å². The lowest BCUT2D eigenvalue weighted by Gasteiger charge is -2.34. The molecule has 2 aromatic rings. The summed E-state index contributed by atoms with van der Waals surface area (Å²) in [4.78, 5) is 0. The molecule has 0 spiro atoms. The van der Waals surface area contributed by atoms with Gasteiger partial charge in [0.1, 0.15) is 0 Å². The Morgan fingerprint density at radius 1 is 1.04 bits per heavy atom. The van der Waals surface area contributed by atoms with Gasteiger partial charge in [0.2, 0.25) is 0 Å². The topological polar surface area (TPSA) is 42.2 Å². The number of nitriles is 1. The second-order valence-corrected chi connectivity index (χ2v) is 6.34. The van der Waals surface area contributed by atoms with Gasteiger partial charge in [0.25, 0.3) is 0 Å². The zero-order valence-electron chi connectivity index (χ0n) is 14.0. The molecular weight excluding hydrogens is 298 g/mol. The minimum absolute atomic E-state index is 0.158. The molecule has 1 saturated heterocycles. The molecule has 124 valence electrons. The lowest BCUT2D eigenvalue weighted by molar-refractivity contribution is -0.211. The quantitative estimate of drug-likeness (QED) is 0.825. The van der Waals surface area contributed by atoms with E-state index in [0.29, 0.717) is 24.7 Å². The van der Waals surface area contributed by atoms with Crippen LogP contribution in [-0.2, 0) is 15.9 Å². The van der Waals surface area contributed by atoms with Gasteiger partial charge in [0.05, 0.1) is 24.8 Å². The SMILES string of the molecule is CCC(c1ccccc1)C1OCC(Cc2ccc(C#N)cc2)CO1. The smallest absolute Gasteiger partial charge is 0.164 e. The van der Waals surface area contributed by atoms with E-state index in [1.165, 1.54) is 11.1 Å². The number of rotatable bonds is 5. The minimum Gasteiger partial charge on any atom is -0.352 e. The Labute approximate surface area is 143 Å². The highest BCUT2D eigenvalue weighted by molar-refractivity contribution is 5.31. The van der Waals surface area contributed by atoms with Crippen LogP contribution in [0.2, 0.25) is 0 Å². The van der Waals surface area contributed by atoms with E-state index in [0.717, 1.165) is 12.8 Å². The van der Waals surface area contributed by atoms with Crippen molar-refractivity contribution in [3.63, 3.8) is 0 Å². The first-order chi connectivity index (χ1) is 11.8. The van der Waals surface area contributed by atoms with E-state index >= 15 is 0 Å². The molecule has 1 fully saturated rings. The van der Waals surface area contributed by atoms with Crippen molar-refractivity contribution in [2.75, 3.05) is 13.2 Å². The molecule has 0 aliphatic carbocycles. The Kier molecular flexibility index (Phi) is 5.63. The van der Waals surface area contributed by atoms with Crippen LogP contribution in [0.3, 0.4) is 0 Å².